The van der Waals surface area contributed by atoms with E-state index in [-0.39, 0.29) is 0 Å². The number of benzene rings is 1. The molecule has 7 heteroatoms. The summed E-state index contributed by atoms with van der Waals surface area (Å²) in [6.45, 7) is 0.366. The molecule has 0 spiro atoms. The molecule has 0 radical (unpaired) electrons. The highest BCUT2D eigenvalue weighted by atomic mass is 16.5. The highest BCUT2D eigenvalue weighted by Gasteiger charge is 2.13. The van der Waals surface area contributed by atoms with Crippen molar-refractivity contribution in [3.05, 3.63) is 48.6 Å². The molecule has 0 saturated heterocycles. The van der Waals surface area contributed by atoms with Crippen LogP contribution < -0.4 is 5.73 Å². The highest BCUT2D eigenvalue weighted by Crippen LogP contribution is 2.25. The van der Waals surface area contributed by atoms with E-state index in [0.717, 1.165) is 11.0 Å². The fourth-order valence-electron chi connectivity index (χ4n) is 2.12. The van der Waals surface area contributed by atoms with E-state index in [1.807, 2.05) is 30.3 Å². The minimum absolute atomic E-state index is 0.366. The summed E-state index contributed by atoms with van der Waals surface area (Å²) in [5.74, 6) is 1.43. The van der Waals surface area contributed by atoms with Gasteiger partial charge in [0, 0.05) is 11.6 Å². The quantitative estimate of drug-likeness (QED) is 0.619. The van der Waals surface area contributed by atoms with Gasteiger partial charge in [0.05, 0.1) is 11.9 Å². The molecule has 0 aliphatic heterocycles. The van der Waals surface area contributed by atoms with Crippen molar-refractivity contribution in [3.8, 4) is 11.6 Å². The normalized spacial score (nSPS) is 11.2. The first kappa shape index (κ1) is 11.7. The number of nitrogen functional groups attached to an aromatic ring is 1. The molecule has 21 heavy (non-hydrogen) atoms. The van der Waals surface area contributed by atoms with Gasteiger partial charge in [-0.05, 0) is 12.1 Å². The zero-order valence-electron chi connectivity index (χ0n) is 10.9. The number of nitrogens with two attached hydrogens (primary N) is 1. The van der Waals surface area contributed by atoms with Gasteiger partial charge in [-0.3, -0.25) is 4.68 Å². The largest absolute Gasteiger partial charge is 0.453 e. The average Bonchev–Trinajstić information content (AvgIpc) is 3.18. The van der Waals surface area contributed by atoms with Crippen LogP contribution in [0.4, 0.5) is 5.69 Å². The van der Waals surface area contributed by atoms with Crippen molar-refractivity contribution in [1.29, 1.82) is 0 Å². The Morgan fingerprint density at radius 2 is 2.14 bits per heavy atom. The summed E-state index contributed by atoms with van der Waals surface area (Å²) < 4.78 is 12.5. The summed E-state index contributed by atoms with van der Waals surface area (Å²) in [6, 6.07) is 9.61. The Kier molecular flexibility index (Phi) is 2.50. The number of furan rings is 1. The molecule has 0 aliphatic carbocycles. The maximum atomic E-state index is 5.69. The molecule has 0 fully saturated rings. The lowest BCUT2D eigenvalue weighted by Gasteiger charge is -1.93. The predicted octanol–water partition coefficient (Wildman–Crippen LogP) is 2.31. The average molecular weight is 281 g/mol. The molecular weight excluding hydrogens is 270 g/mol. The summed E-state index contributed by atoms with van der Waals surface area (Å²) in [5.41, 5.74) is 6.99. The smallest absolute Gasteiger partial charge is 0.248 e. The second-order valence-electron chi connectivity index (χ2n) is 4.63. The van der Waals surface area contributed by atoms with Crippen LogP contribution in [-0.2, 0) is 6.54 Å². The first-order chi connectivity index (χ1) is 10.3. The van der Waals surface area contributed by atoms with Gasteiger partial charge in [0.15, 0.2) is 5.76 Å². The summed E-state index contributed by atoms with van der Waals surface area (Å²) in [5, 5.41) is 9.00. The van der Waals surface area contributed by atoms with Crippen LogP contribution in [0.2, 0.25) is 0 Å². The first-order valence-electron chi connectivity index (χ1n) is 6.37. The van der Waals surface area contributed by atoms with Gasteiger partial charge in [-0.2, -0.15) is 10.1 Å². The van der Waals surface area contributed by atoms with Crippen LogP contribution in [0, 0.1) is 0 Å². The minimum atomic E-state index is 0.366. The van der Waals surface area contributed by atoms with Gasteiger partial charge in [0.25, 0.3) is 0 Å². The molecule has 4 aromatic rings. The molecule has 7 nitrogen and oxygen atoms in total. The van der Waals surface area contributed by atoms with Gasteiger partial charge in [-0.25, -0.2) is 0 Å². The van der Waals surface area contributed by atoms with E-state index in [1.165, 1.54) is 0 Å². The lowest BCUT2D eigenvalue weighted by Crippen LogP contribution is -2.00. The van der Waals surface area contributed by atoms with Crippen molar-refractivity contribution >= 4 is 16.7 Å². The number of hydrogen-bond donors (Lipinski definition) is 1. The lowest BCUT2D eigenvalue weighted by atomic mass is 10.2. The van der Waals surface area contributed by atoms with Crippen LogP contribution in [0.1, 0.15) is 5.89 Å². The summed E-state index contributed by atoms with van der Waals surface area (Å²) in [7, 11) is 0. The maximum Gasteiger partial charge on any atom is 0.248 e. The van der Waals surface area contributed by atoms with Crippen molar-refractivity contribution in [2.24, 2.45) is 0 Å². The second kappa shape index (κ2) is 4.48. The van der Waals surface area contributed by atoms with Gasteiger partial charge >= 0.3 is 0 Å². The van der Waals surface area contributed by atoms with Crippen LogP contribution in [0.3, 0.4) is 0 Å². The predicted molar refractivity (Wildman–Crippen MR) is 75.2 cm³/mol. The first-order valence-corrected chi connectivity index (χ1v) is 6.37. The number of rotatable bonds is 3. The lowest BCUT2D eigenvalue weighted by molar-refractivity contribution is 0.365. The molecule has 0 saturated carbocycles. The monoisotopic (exact) mass is 281 g/mol. The fourth-order valence-corrected chi connectivity index (χ4v) is 2.12. The molecule has 104 valence electrons. The summed E-state index contributed by atoms with van der Waals surface area (Å²) in [6.07, 6.45) is 3.27. The third-order valence-corrected chi connectivity index (χ3v) is 3.06. The second-order valence-corrected chi connectivity index (χ2v) is 4.63. The van der Waals surface area contributed by atoms with Crippen LogP contribution in [0.15, 0.2) is 51.7 Å². The Morgan fingerprint density at radius 1 is 1.24 bits per heavy atom. The molecule has 2 N–H and O–H groups in total. The Morgan fingerprint density at radius 3 is 2.95 bits per heavy atom. The molecule has 3 aromatic heterocycles. The summed E-state index contributed by atoms with van der Waals surface area (Å²) in [4.78, 5) is 4.31. The van der Waals surface area contributed by atoms with E-state index in [9.17, 15) is 0 Å². The van der Waals surface area contributed by atoms with Gasteiger partial charge in [-0.15, -0.1) is 0 Å². The number of hydrogen-bond acceptors (Lipinski definition) is 6. The summed E-state index contributed by atoms with van der Waals surface area (Å²) >= 11 is 0. The Balaban J connectivity index is 1.64. The Hall–Kier alpha value is -3.09. The molecule has 0 atom stereocenters. The van der Waals surface area contributed by atoms with E-state index in [4.69, 9.17) is 14.7 Å². The molecule has 4 rings (SSSR count). The molecule has 0 bridgehead atoms. The fraction of sp³-hybridized carbons (Fsp3) is 0.0714. The van der Waals surface area contributed by atoms with E-state index in [0.29, 0.717) is 29.7 Å². The van der Waals surface area contributed by atoms with Crippen LogP contribution in [-0.4, -0.2) is 19.9 Å². The molecule has 0 amide bonds. The number of aromatic nitrogens is 4. The minimum Gasteiger partial charge on any atom is -0.453 e. The van der Waals surface area contributed by atoms with Crippen molar-refractivity contribution in [1.82, 2.24) is 19.9 Å². The van der Waals surface area contributed by atoms with E-state index < -0.39 is 0 Å². The molecule has 3 heterocycles. The van der Waals surface area contributed by atoms with Crippen molar-refractivity contribution in [2.75, 3.05) is 5.73 Å². The Bertz CT molecular complexity index is 872. The highest BCUT2D eigenvalue weighted by molar-refractivity contribution is 5.81. The third-order valence-electron chi connectivity index (χ3n) is 3.06. The topological polar surface area (TPSA) is 95.9 Å². The zero-order chi connectivity index (χ0) is 14.2. The number of nitrogens with zero attached hydrogens (tertiary/aromatic N) is 4. The Labute approximate surface area is 119 Å². The van der Waals surface area contributed by atoms with Crippen molar-refractivity contribution < 1.29 is 8.94 Å². The number of fused-ring (bicyclic) bond motifs is 1. The van der Waals surface area contributed by atoms with Crippen LogP contribution in [0.5, 0.6) is 0 Å². The third kappa shape index (κ3) is 2.14. The van der Waals surface area contributed by atoms with E-state index in [2.05, 4.69) is 15.2 Å². The van der Waals surface area contributed by atoms with Crippen LogP contribution >= 0.6 is 0 Å². The van der Waals surface area contributed by atoms with Gasteiger partial charge in [0.1, 0.15) is 12.1 Å². The van der Waals surface area contributed by atoms with Crippen molar-refractivity contribution in [2.45, 2.75) is 6.54 Å². The molecule has 1 aromatic carbocycles. The standard InChI is InChI=1S/C14H11N5O2/c15-10-6-16-19(7-10)8-13-17-14(18-21-13)12-5-9-3-1-2-4-11(9)20-12/h1-7H,8,15H2. The van der Waals surface area contributed by atoms with Crippen molar-refractivity contribution in [3.63, 3.8) is 0 Å². The van der Waals surface area contributed by atoms with Gasteiger partial charge < -0.3 is 14.7 Å². The zero-order valence-corrected chi connectivity index (χ0v) is 10.9. The molecule has 0 aliphatic rings. The van der Waals surface area contributed by atoms with Gasteiger partial charge in [-0.1, -0.05) is 23.4 Å². The van der Waals surface area contributed by atoms with E-state index in [1.54, 1.807) is 17.1 Å². The number of para-hydroxylation sites is 1. The molecule has 0 unspecified atom stereocenters. The molecular formula is C14H11N5O2. The number of anilines is 1. The van der Waals surface area contributed by atoms with E-state index >= 15 is 0 Å². The maximum absolute atomic E-state index is 5.69. The SMILES string of the molecule is Nc1cnn(Cc2nc(-c3cc4ccccc4o3)no2)c1. The van der Waals surface area contributed by atoms with Gasteiger partial charge in [0.2, 0.25) is 11.7 Å². The van der Waals surface area contributed by atoms with Crippen LogP contribution in [0.25, 0.3) is 22.6 Å².